The molecule has 0 aromatic carbocycles. The zero-order chi connectivity index (χ0) is 8.20. The quantitative estimate of drug-likeness (QED) is 0.541. The van der Waals surface area contributed by atoms with Crippen molar-refractivity contribution in [1.82, 2.24) is 0 Å². The van der Waals surface area contributed by atoms with Crippen molar-refractivity contribution in [3.63, 3.8) is 0 Å². The van der Waals surface area contributed by atoms with Gasteiger partial charge >= 0.3 is 0 Å². The Labute approximate surface area is 64.2 Å². The molecule has 0 rings (SSSR count). The average molecular weight is 190 g/mol. The van der Waals surface area contributed by atoms with Crippen molar-refractivity contribution < 1.29 is 13.5 Å². The monoisotopic (exact) mass is 189 g/mol. The van der Waals surface area contributed by atoms with Crippen LogP contribution in [0.1, 0.15) is 6.92 Å². The van der Waals surface area contributed by atoms with Gasteiger partial charge < -0.3 is 0 Å². The van der Waals surface area contributed by atoms with E-state index in [0.717, 1.165) is 0 Å². The maximum absolute atomic E-state index is 12.2. The largest absolute Gasteiger partial charge is 0.281 e. The van der Waals surface area contributed by atoms with E-state index in [1.165, 1.54) is 0 Å². The molecule has 0 spiro atoms. The second-order valence-electron chi connectivity index (χ2n) is 1.71. The minimum Gasteiger partial charge on any atom is -0.281 e. The maximum Gasteiger partial charge on any atom is 0.269 e. The lowest BCUT2D eigenvalue weighted by molar-refractivity contribution is 0.0926. The van der Waals surface area contributed by atoms with Gasteiger partial charge in [-0.15, -0.1) is 11.6 Å². The fourth-order valence-corrected chi connectivity index (χ4v) is 1.06. The molecule has 10 heavy (non-hydrogen) atoms. The summed E-state index contributed by atoms with van der Waals surface area (Å²) in [7, 11) is -3.21. The molecule has 0 aliphatic heterocycles. The normalized spacial score (nSPS) is 20.0. The Morgan fingerprint density at radius 2 is 2.40 bits per heavy atom. The molecule has 0 amide bonds. The molecular formula is C4H10ClFNO2P. The third kappa shape index (κ3) is 4.23. The summed E-state index contributed by atoms with van der Waals surface area (Å²) < 4.78 is 27.3. The lowest BCUT2D eigenvalue weighted by atomic mass is 10.8. The Morgan fingerprint density at radius 1 is 1.90 bits per heavy atom. The third-order valence-corrected chi connectivity index (χ3v) is 2.56. The van der Waals surface area contributed by atoms with Gasteiger partial charge in [0.2, 0.25) is 6.36 Å². The predicted octanol–water partition coefficient (Wildman–Crippen LogP) is 1.71. The van der Waals surface area contributed by atoms with Gasteiger partial charge in [-0.2, -0.15) is 0 Å². The molecule has 3 nitrogen and oxygen atoms in total. The zero-order valence-electron chi connectivity index (χ0n) is 5.59. The van der Waals surface area contributed by atoms with Crippen molar-refractivity contribution in [1.29, 1.82) is 0 Å². The van der Waals surface area contributed by atoms with E-state index in [2.05, 4.69) is 4.52 Å². The summed E-state index contributed by atoms with van der Waals surface area (Å²) in [6.07, 6.45) is -1.61. The van der Waals surface area contributed by atoms with Crippen LogP contribution in [0.15, 0.2) is 0 Å². The molecule has 0 saturated carbocycles. The van der Waals surface area contributed by atoms with Crippen LogP contribution in [0.2, 0.25) is 0 Å². The molecule has 0 radical (unpaired) electrons. The summed E-state index contributed by atoms with van der Waals surface area (Å²) >= 11 is 5.04. The van der Waals surface area contributed by atoms with Gasteiger partial charge in [0.1, 0.15) is 0 Å². The van der Waals surface area contributed by atoms with Gasteiger partial charge in [0, 0.05) is 6.16 Å². The fraction of sp³-hybridized carbons (Fsp3) is 1.00. The van der Waals surface area contributed by atoms with Crippen molar-refractivity contribution >= 4 is 19.1 Å². The van der Waals surface area contributed by atoms with E-state index in [1.807, 2.05) is 0 Å². The first-order chi connectivity index (χ1) is 4.52. The van der Waals surface area contributed by atoms with Crippen LogP contribution < -0.4 is 5.50 Å². The van der Waals surface area contributed by atoms with Crippen LogP contribution in [0, 0.1) is 0 Å². The molecule has 0 heterocycles. The summed E-state index contributed by atoms with van der Waals surface area (Å²) in [4.78, 5) is 0. The SMILES string of the molecule is CCP(N)(=O)OC(F)CCl. The van der Waals surface area contributed by atoms with Gasteiger partial charge in [0.15, 0.2) is 0 Å². The van der Waals surface area contributed by atoms with Gasteiger partial charge in [0.25, 0.3) is 7.52 Å². The molecule has 0 bridgehead atoms. The van der Waals surface area contributed by atoms with Crippen molar-refractivity contribution in [2.45, 2.75) is 13.3 Å². The Bertz CT molecular complexity index is 145. The van der Waals surface area contributed by atoms with Gasteiger partial charge in [0.05, 0.1) is 5.88 Å². The van der Waals surface area contributed by atoms with Crippen LogP contribution in [-0.4, -0.2) is 18.4 Å². The molecule has 62 valence electrons. The number of hydrogen-bond donors (Lipinski definition) is 1. The van der Waals surface area contributed by atoms with Crippen molar-refractivity contribution in [2.24, 2.45) is 5.50 Å². The Morgan fingerprint density at radius 3 is 2.70 bits per heavy atom. The van der Waals surface area contributed by atoms with E-state index in [4.69, 9.17) is 17.1 Å². The molecule has 0 aliphatic carbocycles. The highest BCUT2D eigenvalue weighted by molar-refractivity contribution is 7.56. The summed E-state index contributed by atoms with van der Waals surface area (Å²) in [6.45, 7) is 1.56. The smallest absolute Gasteiger partial charge is 0.269 e. The van der Waals surface area contributed by atoms with E-state index in [9.17, 15) is 8.96 Å². The van der Waals surface area contributed by atoms with Crippen LogP contribution in [0.3, 0.4) is 0 Å². The summed E-state index contributed by atoms with van der Waals surface area (Å²) in [5.74, 6) is -0.346. The van der Waals surface area contributed by atoms with Crippen LogP contribution >= 0.6 is 19.1 Å². The highest BCUT2D eigenvalue weighted by Crippen LogP contribution is 2.38. The van der Waals surface area contributed by atoms with Gasteiger partial charge in [-0.1, -0.05) is 6.92 Å². The average Bonchev–Trinajstić information content (AvgIpc) is 1.87. The lowest BCUT2D eigenvalue weighted by Gasteiger charge is -2.12. The van der Waals surface area contributed by atoms with E-state index >= 15 is 0 Å². The van der Waals surface area contributed by atoms with Gasteiger partial charge in [-0.3, -0.25) is 14.6 Å². The topological polar surface area (TPSA) is 52.3 Å². The molecule has 0 saturated heterocycles. The fourth-order valence-electron chi connectivity index (χ4n) is 0.296. The predicted molar refractivity (Wildman–Crippen MR) is 39.0 cm³/mol. The Balaban J connectivity index is 3.77. The molecular weight excluding hydrogens is 179 g/mol. The maximum atomic E-state index is 12.2. The second kappa shape index (κ2) is 4.29. The molecule has 2 N–H and O–H groups in total. The molecule has 0 aromatic rings. The molecule has 6 heteroatoms. The second-order valence-corrected chi connectivity index (χ2v) is 4.32. The van der Waals surface area contributed by atoms with Crippen LogP contribution in [0.5, 0.6) is 0 Å². The molecule has 0 aromatic heterocycles. The van der Waals surface area contributed by atoms with Gasteiger partial charge in [-0.25, -0.2) is 4.39 Å². The van der Waals surface area contributed by atoms with Gasteiger partial charge in [-0.05, 0) is 0 Å². The first kappa shape index (κ1) is 10.4. The van der Waals surface area contributed by atoms with Crippen molar-refractivity contribution in [2.75, 3.05) is 12.0 Å². The molecule has 2 atom stereocenters. The first-order valence-corrected chi connectivity index (χ1v) is 5.19. The summed E-state index contributed by atoms with van der Waals surface area (Å²) in [6, 6.07) is 0. The number of nitrogens with two attached hydrogens (primary N) is 1. The standard InChI is InChI=1S/C4H10ClFNO2P/c1-2-10(7,8)9-4(6)3-5/h4H,2-3H2,1H3,(H2,7,8). The molecule has 2 unspecified atom stereocenters. The first-order valence-electron chi connectivity index (χ1n) is 2.78. The van der Waals surface area contributed by atoms with E-state index in [1.54, 1.807) is 6.92 Å². The highest BCUT2D eigenvalue weighted by atomic mass is 35.5. The van der Waals surface area contributed by atoms with Crippen molar-refractivity contribution in [3.05, 3.63) is 0 Å². The number of halogens is 2. The number of hydrogen-bond acceptors (Lipinski definition) is 2. The van der Waals surface area contributed by atoms with Crippen LogP contribution in [-0.2, 0) is 9.09 Å². The summed E-state index contributed by atoms with van der Waals surface area (Å²) in [5.41, 5.74) is 5.03. The zero-order valence-corrected chi connectivity index (χ0v) is 7.24. The minimum atomic E-state index is -3.21. The van der Waals surface area contributed by atoms with Crippen LogP contribution in [0.4, 0.5) is 4.39 Å². The minimum absolute atomic E-state index is 0.115. The van der Waals surface area contributed by atoms with E-state index in [0.29, 0.717) is 0 Å². The number of rotatable bonds is 4. The third-order valence-electron chi connectivity index (χ3n) is 0.855. The Kier molecular flexibility index (Phi) is 4.45. The number of alkyl halides is 2. The lowest BCUT2D eigenvalue weighted by Crippen LogP contribution is -2.11. The van der Waals surface area contributed by atoms with E-state index in [-0.39, 0.29) is 12.0 Å². The Hall–Kier alpha value is 0.370. The van der Waals surface area contributed by atoms with Crippen molar-refractivity contribution in [3.8, 4) is 0 Å². The molecule has 0 fully saturated rings. The highest BCUT2D eigenvalue weighted by Gasteiger charge is 2.19. The molecule has 0 aliphatic rings. The summed E-state index contributed by atoms with van der Waals surface area (Å²) in [5, 5.41) is 0. The van der Waals surface area contributed by atoms with Crippen LogP contribution in [0.25, 0.3) is 0 Å². The van der Waals surface area contributed by atoms with E-state index < -0.39 is 13.9 Å².